The molecule has 0 radical (unpaired) electrons. The van der Waals surface area contributed by atoms with Crippen molar-refractivity contribution in [2.24, 2.45) is 0 Å². The summed E-state index contributed by atoms with van der Waals surface area (Å²) in [4.78, 5) is 12.3. The standard InChI is InChI=1S/C24H26N2O2/c1-28-22-14-12-19(13-15-22)16-17-25-23(27)18-26-24(20-8-4-2-5-9-20)21-10-6-3-7-11-21/h2-15,24,26H,16-18H2,1H3,(H,25,27)/p+1. The zero-order valence-corrected chi connectivity index (χ0v) is 16.2. The lowest BCUT2D eigenvalue weighted by molar-refractivity contribution is -0.676. The highest BCUT2D eigenvalue weighted by molar-refractivity contribution is 5.76. The molecule has 0 aliphatic carbocycles. The second-order valence-corrected chi connectivity index (χ2v) is 6.69. The molecule has 1 amide bonds. The second-order valence-electron chi connectivity index (χ2n) is 6.69. The molecule has 3 aromatic carbocycles. The largest absolute Gasteiger partial charge is 0.497 e. The monoisotopic (exact) mass is 375 g/mol. The number of carbonyl (C=O) groups excluding carboxylic acids is 1. The van der Waals surface area contributed by atoms with E-state index in [-0.39, 0.29) is 11.9 Å². The minimum absolute atomic E-state index is 0.0466. The van der Waals surface area contributed by atoms with Gasteiger partial charge in [-0.05, 0) is 24.1 Å². The fraction of sp³-hybridized carbons (Fsp3) is 0.208. The van der Waals surface area contributed by atoms with E-state index in [1.54, 1.807) is 7.11 Å². The molecule has 0 spiro atoms. The van der Waals surface area contributed by atoms with Crippen molar-refractivity contribution in [2.75, 3.05) is 20.2 Å². The number of ether oxygens (including phenoxy) is 1. The Kier molecular flexibility index (Phi) is 7.21. The summed E-state index contributed by atoms with van der Waals surface area (Å²) in [5.41, 5.74) is 3.57. The summed E-state index contributed by atoms with van der Waals surface area (Å²) in [6, 6.07) is 28.6. The Morgan fingerprint density at radius 1 is 0.893 bits per heavy atom. The third kappa shape index (κ3) is 5.69. The first-order valence-corrected chi connectivity index (χ1v) is 9.59. The molecule has 0 saturated heterocycles. The van der Waals surface area contributed by atoms with Gasteiger partial charge in [-0.25, -0.2) is 0 Å². The van der Waals surface area contributed by atoms with Gasteiger partial charge in [0.1, 0.15) is 11.8 Å². The fourth-order valence-electron chi connectivity index (χ4n) is 3.22. The first-order chi connectivity index (χ1) is 13.8. The van der Waals surface area contributed by atoms with Crippen LogP contribution in [-0.4, -0.2) is 26.1 Å². The van der Waals surface area contributed by atoms with Crippen LogP contribution in [0.3, 0.4) is 0 Å². The first-order valence-electron chi connectivity index (χ1n) is 9.59. The molecule has 0 unspecified atom stereocenters. The number of nitrogens with two attached hydrogens (primary N) is 1. The lowest BCUT2D eigenvalue weighted by Crippen LogP contribution is -2.87. The van der Waals surface area contributed by atoms with Crippen LogP contribution in [0.2, 0.25) is 0 Å². The van der Waals surface area contributed by atoms with Crippen molar-refractivity contribution < 1.29 is 14.8 Å². The van der Waals surface area contributed by atoms with Crippen LogP contribution in [0.4, 0.5) is 0 Å². The number of amides is 1. The van der Waals surface area contributed by atoms with Gasteiger partial charge in [-0.3, -0.25) is 4.79 Å². The van der Waals surface area contributed by atoms with Crippen LogP contribution in [0.25, 0.3) is 0 Å². The van der Waals surface area contributed by atoms with Gasteiger partial charge in [-0.1, -0.05) is 72.8 Å². The molecule has 3 N–H and O–H groups in total. The van der Waals surface area contributed by atoms with E-state index in [9.17, 15) is 4.79 Å². The zero-order chi connectivity index (χ0) is 19.6. The molecule has 0 heterocycles. The van der Waals surface area contributed by atoms with Crippen LogP contribution in [-0.2, 0) is 11.2 Å². The minimum Gasteiger partial charge on any atom is -0.497 e. The van der Waals surface area contributed by atoms with Crippen molar-refractivity contribution in [1.82, 2.24) is 5.32 Å². The Morgan fingerprint density at radius 3 is 2.00 bits per heavy atom. The Bertz CT molecular complexity index is 809. The van der Waals surface area contributed by atoms with E-state index in [0.29, 0.717) is 13.1 Å². The lowest BCUT2D eigenvalue weighted by atomic mass is 9.99. The highest BCUT2D eigenvalue weighted by Gasteiger charge is 2.18. The summed E-state index contributed by atoms with van der Waals surface area (Å²) in [6.07, 6.45) is 0.802. The number of carbonyl (C=O) groups is 1. The van der Waals surface area contributed by atoms with E-state index >= 15 is 0 Å². The highest BCUT2D eigenvalue weighted by atomic mass is 16.5. The van der Waals surface area contributed by atoms with Gasteiger partial charge in [0, 0.05) is 17.7 Å². The predicted octanol–water partition coefficient (Wildman–Crippen LogP) is 2.71. The van der Waals surface area contributed by atoms with Crippen LogP contribution in [0.1, 0.15) is 22.7 Å². The molecule has 28 heavy (non-hydrogen) atoms. The van der Waals surface area contributed by atoms with Crippen molar-refractivity contribution in [2.45, 2.75) is 12.5 Å². The average Bonchev–Trinajstić information content (AvgIpc) is 2.76. The summed E-state index contributed by atoms with van der Waals surface area (Å²) >= 11 is 0. The molecule has 144 valence electrons. The SMILES string of the molecule is COc1ccc(CCNC(=O)C[NH2+]C(c2ccccc2)c2ccccc2)cc1. The normalized spacial score (nSPS) is 10.6. The van der Waals surface area contributed by atoms with Crippen LogP contribution in [0.15, 0.2) is 84.9 Å². The number of quaternary nitrogens is 1. The summed E-state index contributed by atoms with van der Waals surface area (Å²) < 4.78 is 5.17. The quantitative estimate of drug-likeness (QED) is 0.604. The van der Waals surface area contributed by atoms with E-state index in [1.165, 1.54) is 16.7 Å². The van der Waals surface area contributed by atoms with Gasteiger partial charge in [-0.2, -0.15) is 0 Å². The van der Waals surface area contributed by atoms with Crippen molar-refractivity contribution in [3.63, 3.8) is 0 Å². The smallest absolute Gasteiger partial charge is 0.275 e. The van der Waals surface area contributed by atoms with Gasteiger partial charge in [0.25, 0.3) is 5.91 Å². The fourth-order valence-corrected chi connectivity index (χ4v) is 3.22. The van der Waals surface area contributed by atoms with Gasteiger partial charge in [0.15, 0.2) is 6.54 Å². The molecular formula is C24H27N2O2+. The maximum absolute atomic E-state index is 12.3. The van der Waals surface area contributed by atoms with Crippen molar-refractivity contribution in [3.05, 3.63) is 102 Å². The Balaban J connectivity index is 1.52. The van der Waals surface area contributed by atoms with E-state index in [4.69, 9.17) is 4.74 Å². The number of hydrogen-bond acceptors (Lipinski definition) is 2. The highest BCUT2D eigenvalue weighted by Crippen LogP contribution is 2.17. The maximum atomic E-state index is 12.3. The van der Waals surface area contributed by atoms with E-state index in [1.807, 2.05) is 60.7 Å². The molecule has 0 aliphatic rings. The molecule has 3 rings (SSSR count). The maximum Gasteiger partial charge on any atom is 0.275 e. The van der Waals surface area contributed by atoms with Gasteiger partial charge < -0.3 is 15.4 Å². The number of benzene rings is 3. The van der Waals surface area contributed by atoms with Gasteiger partial charge in [0.2, 0.25) is 0 Å². The molecule has 4 nitrogen and oxygen atoms in total. The third-order valence-electron chi connectivity index (χ3n) is 4.75. The first kappa shape index (κ1) is 19.6. The number of rotatable bonds is 9. The Morgan fingerprint density at radius 2 is 1.46 bits per heavy atom. The van der Waals surface area contributed by atoms with E-state index in [2.05, 4.69) is 34.9 Å². The summed E-state index contributed by atoms with van der Waals surface area (Å²) in [5, 5.41) is 5.11. The van der Waals surface area contributed by atoms with Crippen LogP contribution in [0.5, 0.6) is 5.75 Å². The zero-order valence-electron chi connectivity index (χ0n) is 16.2. The Labute approximate surface area is 166 Å². The molecule has 3 aromatic rings. The van der Waals surface area contributed by atoms with Crippen molar-refractivity contribution in [1.29, 1.82) is 0 Å². The average molecular weight is 375 g/mol. The van der Waals surface area contributed by atoms with Crippen LogP contribution in [0, 0.1) is 0 Å². The van der Waals surface area contributed by atoms with Crippen molar-refractivity contribution in [3.8, 4) is 5.75 Å². The van der Waals surface area contributed by atoms with Gasteiger partial charge in [0.05, 0.1) is 7.11 Å². The summed E-state index contributed by atoms with van der Waals surface area (Å²) in [7, 11) is 1.66. The Hall–Kier alpha value is -3.11. The van der Waals surface area contributed by atoms with Gasteiger partial charge in [-0.15, -0.1) is 0 Å². The molecule has 4 heteroatoms. The van der Waals surface area contributed by atoms with Gasteiger partial charge >= 0.3 is 0 Å². The van der Waals surface area contributed by atoms with Crippen molar-refractivity contribution >= 4 is 5.91 Å². The predicted molar refractivity (Wildman–Crippen MR) is 111 cm³/mol. The van der Waals surface area contributed by atoms with E-state index in [0.717, 1.165) is 12.2 Å². The number of nitrogens with one attached hydrogen (secondary N) is 1. The molecule has 0 atom stereocenters. The second kappa shape index (κ2) is 10.3. The van der Waals surface area contributed by atoms with E-state index < -0.39 is 0 Å². The van der Waals surface area contributed by atoms with Crippen LogP contribution < -0.4 is 15.4 Å². The molecule has 0 fully saturated rings. The van der Waals surface area contributed by atoms with Crippen LogP contribution >= 0.6 is 0 Å². The summed E-state index contributed by atoms with van der Waals surface area (Å²) in [6.45, 7) is 1.01. The molecule has 0 aliphatic heterocycles. The summed E-state index contributed by atoms with van der Waals surface area (Å²) in [5.74, 6) is 0.889. The topological polar surface area (TPSA) is 54.9 Å². The number of methoxy groups -OCH3 is 1. The molecule has 0 saturated carbocycles. The third-order valence-corrected chi connectivity index (χ3v) is 4.75. The molecular weight excluding hydrogens is 348 g/mol. The molecule has 0 aromatic heterocycles. The lowest BCUT2D eigenvalue weighted by Gasteiger charge is -2.16. The minimum atomic E-state index is 0.0466. The molecule has 0 bridgehead atoms. The number of hydrogen-bond donors (Lipinski definition) is 2.